The molecule has 0 spiro atoms. The van der Waals surface area contributed by atoms with Gasteiger partial charge in [0.2, 0.25) is 15.9 Å². The standard InChI is InChI=1S/C16H22ClN3O3S.ClH/c1-19(24(22,23)15-6-2-12(17)3-7-15)11-16(21)20-13-4-5-14(20)10-18-9-8-13;/h2-3,6-7,13-14,18H,4-5,8-11H2,1H3;1H. The Morgan fingerprint density at radius 2 is 1.88 bits per heavy atom. The summed E-state index contributed by atoms with van der Waals surface area (Å²) in [6.45, 7) is 1.55. The van der Waals surface area contributed by atoms with Gasteiger partial charge in [0.25, 0.3) is 0 Å². The molecule has 0 aliphatic carbocycles. The molecule has 2 bridgehead atoms. The van der Waals surface area contributed by atoms with Crippen molar-refractivity contribution < 1.29 is 13.2 Å². The lowest BCUT2D eigenvalue weighted by molar-refractivity contribution is -0.133. The van der Waals surface area contributed by atoms with Gasteiger partial charge in [0.1, 0.15) is 0 Å². The summed E-state index contributed by atoms with van der Waals surface area (Å²) < 4.78 is 26.3. The third-order valence-corrected chi connectivity index (χ3v) is 6.89. The van der Waals surface area contributed by atoms with Crippen molar-refractivity contribution in [2.24, 2.45) is 0 Å². The van der Waals surface area contributed by atoms with Gasteiger partial charge in [-0.25, -0.2) is 8.42 Å². The lowest BCUT2D eigenvalue weighted by atomic mass is 10.1. The summed E-state index contributed by atoms with van der Waals surface area (Å²) in [5.41, 5.74) is 0. The van der Waals surface area contributed by atoms with Crippen LogP contribution in [0.1, 0.15) is 19.3 Å². The van der Waals surface area contributed by atoms with Crippen molar-refractivity contribution in [2.45, 2.75) is 36.2 Å². The molecule has 1 amide bonds. The largest absolute Gasteiger partial charge is 0.334 e. The molecule has 9 heteroatoms. The minimum Gasteiger partial charge on any atom is -0.334 e. The van der Waals surface area contributed by atoms with E-state index in [1.54, 1.807) is 0 Å². The number of carbonyl (C=O) groups excluding carboxylic acids is 1. The van der Waals surface area contributed by atoms with Gasteiger partial charge >= 0.3 is 0 Å². The number of nitrogens with one attached hydrogen (secondary N) is 1. The number of halogens is 2. The first-order valence-electron chi connectivity index (χ1n) is 8.13. The van der Waals surface area contributed by atoms with Gasteiger partial charge in [-0.05, 0) is 50.1 Å². The van der Waals surface area contributed by atoms with Crippen LogP contribution < -0.4 is 5.32 Å². The second kappa shape index (κ2) is 8.22. The number of hydrogen-bond donors (Lipinski definition) is 1. The number of amides is 1. The highest BCUT2D eigenvalue weighted by Gasteiger charge is 2.38. The molecule has 6 nitrogen and oxygen atoms in total. The highest BCUT2D eigenvalue weighted by Crippen LogP contribution is 2.28. The fourth-order valence-corrected chi connectivity index (χ4v) is 4.78. The SMILES string of the molecule is CN(CC(=O)N1C2CCNCC1CC2)S(=O)(=O)c1ccc(Cl)cc1.Cl. The van der Waals surface area contributed by atoms with E-state index < -0.39 is 10.0 Å². The Labute approximate surface area is 160 Å². The molecule has 0 radical (unpaired) electrons. The Hall–Kier alpha value is -0.860. The Bertz CT molecular complexity index is 698. The smallest absolute Gasteiger partial charge is 0.243 e. The zero-order valence-corrected chi connectivity index (χ0v) is 16.4. The van der Waals surface area contributed by atoms with E-state index in [0.717, 1.165) is 36.7 Å². The average Bonchev–Trinajstić information content (AvgIpc) is 2.80. The van der Waals surface area contributed by atoms with Gasteiger partial charge in [-0.2, -0.15) is 4.31 Å². The van der Waals surface area contributed by atoms with Crippen molar-refractivity contribution >= 4 is 39.9 Å². The van der Waals surface area contributed by atoms with Crippen LogP contribution in [-0.2, 0) is 14.8 Å². The lowest BCUT2D eigenvalue weighted by Crippen LogP contribution is -2.47. The van der Waals surface area contributed by atoms with Gasteiger partial charge in [-0.15, -0.1) is 12.4 Å². The van der Waals surface area contributed by atoms with E-state index >= 15 is 0 Å². The number of hydrogen-bond acceptors (Lipinski definition) is 4. The van der Waals surface area contributed by atoms with E-state index in [1.165, 1.54) is 31.3 Å². The predicted octanol–water partition coefficient (Wildman–Crippen LogP) is 1.74. The van der Waals surface area contributed by atoms with Gasteiger partial charge < -0.3 is 10.2 Å². The molecule has 2 heterocycles. The molecule has 25 heavy (non-hydrogen) atoms. The van der Waals surface area contributed by atoms with Crippen LogP contribution in [0.3, 0.4) is 0 Å². The zero-order valence-electron chi connectivity index (χ0n) is 14.0. The molecule has 0 saturated carbocycles. The van der Waals surface area contributed by atoms with Crippen LogP contribution in [0.5, 0.6) is 0 Å². The molecule has 2 fully saturated rings. The van der Waals surface area contributed by atoms with Crippen molar-refractivity contribution in [3.05, 3.63) is 29.3 Å². The molecule has 2 saturated heterocycles. The summed E-state index contributed by atoms with van der Waals surface area (Å²) in [6, 6.07) is 6.38. The van der Waals surface area contributed by atoms with Crippen LogP contribution in [-0.4, -0.2) is 62.3 Å². The first-order chi connectivity index (χ1) is 11.4. The topological polar surface area (TPSA) is 69.7 Å². The summed E-state index contributed by atoms with van der Waals surface area (Å²) in [5.74, 6) is -0.119. The first kappa shape index (κ1) is 20.5. The number of nitrogens with zero attached hydrogens (tertiary/aromatic N) is 2. The number of benzene rings is 1. The quantitative estimate of drug-likeness (QED) is 0.824. The molecule has 2 aliphatic heterocycles. The molecular weight excluding hydrogens is 385 g/mol. The number of carbonyl (C=O) groups is 1. The average molecular weight is 408 g/mol. The first-order valence-corrected chi connectivity index (χ1v) is 9.95. The van der Waals surface area contributed by atoms with Gasteiger partial charge in [-0.3, -0.25) is 4.79 Å². The molecule has 2 unspecified atom stereocenters. The van der Waals surface area contributed by atoms with Gasteiger partial charge in [0, 0.05) is 30.7 Å². The lowest BCUT2D eigenvalue weighted by Gasteiger charge is -2.29. The summed E-state index contributed by atoms with van der Waals surface area (Å²) in [5, 5.41) is 3.81. The normalized spacial score (nSPS) is 23.2. The van der Waals surface area contributed by atoms with Gasteiger partial charge in [-0.1, -0.05) is 11.6 Å². The summed E-state index contributed by atoms with van der Waals surface area (Å²) in [7, 11) is -2.26. The van der Waals surface area contributed by atoms with Crippen LogP contribution >= 0.6 is 24.0 Å². The minimum atomic E-state index is -3.70. The molecule has 1 aromatic rings. The molecule has 1 aromatic carbocycles. The third kappa shape index (κ3) is 4.28. The summed E-state index contributed by atoms with van der Waals surface area (Å²) in [4.78, 5) is 14.8. The van der Waals surface area contributed by atoms with E-state index in [4.69, 9.17) is 11.6 Å². The number of fused-ring (bicyclic) bond motifs is 2. The maximum atomic E-state index is 12.7. The maximum absolute atomic E-state index is 12.7. The van der Waals surface area contributed by atoms with Crippen LogP contribution in [0, 0.1) is 0 Å². The molecule has 140 valence electrons. The number of sulfonamides is 1. The predicted molar refractivity (Wildman–Crippen MR) is 99.7 cm³/mol. The van der Waals surface area contributed by atoms with Crippen molar-refractivity contribution in [1.82, 2.24) is 14.5 Å². The van der Waals surface area contributed by atoms with Crippen molar-refractivity contribution in [1.29, 1.82) is 0 Å². The summed E-state index contributed by atoms with van der Waals surface area (Å²) >= 11 is 5.81. The molecule has 1 N–H and O–H groups in total. The highest BCUT2D eigenvalue weighted by atomic mass is 35.5. The summed E-state index contributed by atoms with van der Waals surface area (Å²) in [6.07, 6.45) is 2.92. The van der Waals surface area contributed by atoms with E-state index in [-0.39, 0.29) is 41.8 Å². The molecule has 2 atom stereocenters. The second-order valence-electron chi connectivity index (χ2n) is 6.39. The Morgan fingerprint density at radius 1 is 1.24 bits per heavy atom. The molecule has 0 aromatic heterocycles. The van der Waals surface area contributed by atoms with E-state index in [0.29, 0.717) is 5.02 Å². The van der Waals surface area contributed by atoms with Crippen molar-refractivity contribution in [2.75, 3.05) is 26.7 Å². The van der Waals surface area contributed by atoms with Crippen LogP contribution in [0.2, 0.25) is 5.02 Å². The Balaban J connectivity index is 0.00000225. The Kier molecular flexibility index (Phi) is 6.73. The monoisotopic (exact) mass is 407 g/mol. The molecule has 2 aliphatic rings. The van der Waals surface area contributed by atoms with Crippen molar-refractivity contribution in [3.8, 4) is 0 Å². The number of likely N-dealkylation sites (N-methyl/N-ethyl adjacent to an activating group) is 1. The molecular formula is C16H23Cl2N3O3S. The Morgan fingerprint density at radius 3 is 2.56 bits per heavy atom. The van der Waals surface area contributed by atoms with Crippen LogP contribution in [0.25, 0.3) is 0 Å². The number of rotatable bonds is 4. The van der Waals surface area contributed by atoms with E-state index in [1.807, 2.05) is 4.90 Å². The molecule has 3 rings (SSSR count). The highest BCUT2D eigenvalue weighted by molar-refractivity contribution is 7.89. The maximum Gasteiger partial charge on any atom is 0.243 e. The fraction of sp³-hybridized carbons (Fsp3) is 0.562. The van der Waals surface area contributed by atoms with Gasteiger partial charge in [0.15, 0.2) is 0 Å². The third-order valence-electron chi connectivity index (χ3n) is 4.82. The fourth-order valence-electron chi connectivity index (χ4n) is 3.53. The van der Waals surface area contributed by atoms with E-state index in [2.05, 4.69) is 5.32 Å². The van der Waals surface area contributed by atoms with Crippen LogP contribution in [0.4, 0.5) is 0 Å². The van der Waals surface area contributed by atoms with Gasteiger partial charge in [0.05, 0.1) is 11.4 Å². The van der Waals surface area contributed by atoms with Crippen LogP contribution in [0.15, 0.2) is 29.2 Å². The van der Waals surface area contributed by atoms with Crippen molar-refractivity contribution in [3.63, 3.8) is 0 Å². The second-order valence-corrected chi connectivity index (χ2v) is 8.88. The zero-order chi connectivity index (χ0) is 17.3. The van der Waals surface area contributed by atoms with E-state index in [9.17, 15) is 13.2 Å². The minimum absolute atomic E-state index is 0.